The summed E-state index contributed by atoms with van der Waals surface area (Å²) in [4.78, 5) is 0. The maximum atomic E-state index is 0. The second kappa shape index (κ2) is 277. The van der Waals surface area contributed by atoms with Crippen LogP contribution in [0.25, 0.3) is 0 Å². The summed E-state index contributed by atoms with van der Waals surface area (Å²) in [5, 5.41) is 0. The second-order valence-corrected chi connectivity index (χ2v) is 0. The Kier molecular flexibility index (Phi) is 11700. The zero-order valence-electron chi connectivity index (χ0n) is 4.21. The van der Waals surface area contributed by atoms with E-state index in [1.54, 1.807) is 0 Å². The van der Waals surface area contributed by atoms with Gasteiger partial charge in [-0.2, -0.15) is 0 Å². The Morgan fingerprint density at radius 3 is 0.333 bits per heavy atom. The Morgan fingerprint density at radius 1 is 0.333 bits per heavy atom. The normalized spacial score (nSPS) is 0. The molecule has 66 valence electrons. The molecule has 0 aromatic rings. The minimum absolute atomic E-state index is 0. The molecular formula is H18BiNaO7. The predicted octanol–water partition coefficient (Wildman–Crippen LogP) is -7.61. The van der Waals surface area contributed by atoms with Gasteiger partial charge < -0.3 is 38.3 Å². The Hall–Kier alpha value is 1.60. The molecule has 0 saturated heterocycles. The van der Waals surface area contributed by atoms with Gasteiger partial charge in [-0.05, 0) is 0 Å². The molecule has 0 radical (unpaired) electrons. The fourth-order valence-corrected chi connectivity index (χ4v) is 0. The van der Waals surface area contributed by atoms with Crippen molar-refractivity contribution in [3.05, 3.63) is 0 Å². The quantitative estimate of drug-likeness (QED) is 0.366. The molecule has 0 rings (SSSR count). The summed E-state index contributed by atoms with van der Waals surface area (Å²) in [7, 11) is 0. The molecule has 0 atom stereocenters. The van der Waals surface area contributed by atoms with E-state index in [1.165, 1.54) is 0 Å². The summed E-state index contributed by atoms with van der Waals surface area (Å²) in [6.07, 6.45) is 0. The topological polar surface area (TPSA) is 220 Å². The zero-order valence-corrected chi connectivity index (χ0v) is 9.70. The van der Waals surface area contributed by atoms with Crippen molar-refractivity contribution in [1.29, 1.82) is 0 Å². The molecule has 0 aliphatic carbocycles. The average molecular weight is 362 g/mol. The molecule has 0 heterocycles. The Labute approximate surface area is 93.4 Å². The second-order valence-electron chi connectivity index (χ2n) is 0. The first-order valence-corrected chi connectivity index (χ1v) is 0. The summed E-state index contributed by atoms with van der Waals surface area (Å²) in [5.74, 6) is 0. The molecule has 0 spiro atoms. The van der Waals surface area contributed by atoms with Gasteiger partial charge in [0.2, 0.25) is 0 Å². The first-order valence-electron chi connectivity index (χ1n) is 0. The Bertz CT molecular complexity index is 8.88. The molecule has 0 aromatic heterocycles. The van der Waals surface area contributed by atoms with E-state index in [-0.39, 0.29) is 94.1 Å². The number of hydrogen-bond acceptors (Lipinski definition) is 0. The summed E-state index contributed by atoms with van der Waals surface area (Å²) in [6.45, 7) is 0. The summed E-state index contributed by atoms with van der Waals surface area (Å²) >= 11 is 0. The average Bonchev–Trinajstić information content (AvgIpc) is 0. The predicted molar refractivity (Wildman–Crippen MR) is 42.4 cm³/mol. The van der Waals surface area contributed by atoms with Crippen molar-refractivity contribution in [1.82, 2.24) is 0 Å². The van der Waals surface area contributed by atoms with Crippen molar-refractivity contribution >= 4 is 55.8 Å². The van der Waals surface area contributed by atoms with E-state index in [2.05, 4.69) is 0 Å². The summed E-state index contributed by atoms with van der Waals surface area (Å²) in [5.41, 5.74) is 0. The Balaban J connectivity index is 0. The molecule has 7 nitrogen and oxygen atoms in total. The van der Waals surface area contributed by atoms with E-state index in [1.807, 2.05) is 0 Å². The monoisotopic (exact) mass is 362 g/mol. The van der Waals surface area contributed by atoms with E-state index >= 15 is 0 Å². The van der Waals surface area contributed by atoms with E-state index in [0.29, 0.717) is 0 Å². The fraction of sp³-hybridized carbons (Fsp3) is 0. The molecule has 0 amide bonds. The SMILES string of the molecule is O.O.O.O.O.O.O.[BiH3].[NaH]. The van der Waals surface area contributed by atoms with Gasteiger partial charge in [0.25, 0.3) is 0 Å². The molecule has 0 bridgehead atoms. The van der Waals surface area contributed by atoms with Crippen LogP contribution in [0.1, 0.15) is 0 Å². The van der Waals surface area contributed by atoms with Crippen molar-refractivity contribution in [3.63, 3.8) is 0 Å². The molecule has 9 heavy (non-hydrogen) atoms. The van der Waals surface area contributed by atoms with Crippen molar-refractivity contribution in [2.24, 2.45) is 0 Å². The van der Waals surface area contributed by atoms with Gasteiger partial charge in [-0.3, -0.25) is 0 Å². The molecular weight excluding hydrogens is 344 g/mol. The van der Waals surface area contributed by atoms with Crippen molar-refractivity contribution in [2.75, 3.05) is 0 Å². The van der Waals surface area contributed by atoms with E-state index < -0.39 is 0 Å². The summed E-state index contributed by atoms with van der Waals surface area (Å²) < 4.78 is 0. The van der Waals surface area contributed by atoms with Gasteiger partial charge in [0.1, 0.15) is 0 Å². The standard InChI is InChI=1S/Bi.Na.7H2O.4H/h;;7*1H2;;;;. The van der Waals surface area contributed by atoms with Crippen LogP contribution < -0.4 is 0 Å². The van der Waals surface area contributed by atoms with Crippen LogP contribution in [-0.2, 0) is 0 Å². The van der Waals surface area contributed by atoms with Gasteiger partial charge in [-0.1, -0.05) is 0 Å². The van der Waals surface area contributed by atoms with Gasteiger partial charge in [-0.15, -0.1) is 0 Å². The molecule has 0 unspecified atom stereocenters. The van der Waals surface area contributed by atoms with Gasteiger partial charge in [0.05, 0.1) is 0 Å². The molecule has 9 heteroatoms. The minimum atomic E-state index is 0. The number of rotatable bonds is 0. The molecule has 0 fully saturated rings. The van der Waals surface area contributed by atoms with Crippen LogP contribution >= 0.6 is 0 Å². The van der Waals surface area contributed by atoms with Crippen molar-refractivity contribution in [2.45, 2.75) is 0 Å². The maximum absolute atomic E-state index is 0. The zero-order chi connectivity index (χ0) is 0. The van der Waals surface area contributed by atoms with Crippen molar-refractivity contribution in [3.8, 4) is 0 Å². The molecule has 0 saturated carbocycles. The van der Waals surface area contributed by atoms with Gasteiger partial charge in [0.15, 0.2) is 0 Å². The molecule has 14 N–H and O–H groups in total. The van der Waals surface area contributed by atoms with E-state index in [4.69, 9.17) is 0 Å². The van der Waals surface area contributed by atoms with Gasteiger partial charge in [0, 0.05) is 0 Å². The first kappa shape index (κ1) is 380. The number of hydrogen-bond donors (Lipinski definition) is 0. The molecule has 0 aliphatic heterocycles. The summed E-state index contributed by atoms with van der Waals surface area (Å²) in [6, 6.07) is 0. The first-order chi connectivity index (χ1) is 0. The van der Waals surface area contributed by atoms with Crippen LogP contribution in [0.4, 0.5) is 0 Å². The fourth-order valence-electron chi connectivity index (χ4n) is 0. The molecule has 0 aliphatic rings. The third kappa shape index (κ3) is 216. The van der Waals surface area contributed by atoms with Crippen LogP contribution in [-0.4, -0.2) is 94.1 Å². The van der Waals surface area contributed by atoms with Gasteiger partial charge in [-0.25, -0.2) is 0 Å². The van der Waals surface area contributed by atoms with Crippen LogP contribution in [0, 0.1) is 0 Å². The Morgan fingerprint density at radius 2 is 0.333 bits per heavy atom. The van der Waals surface area contributed by atoms with Crippen LogP contribution in [0.2, 0.25) is 0 Å². The van der Waals surface area contributed by atoms with E-state index in [0.717, 1.165) is 0 Å². The van der Waals surface area contributed by atoms with Crippen LogP contribution in [0.3, 0.4) is 0 Å². The van der Waals surface area contributed by atoms with Gasteiger partial charge >= 0.3 is 55.8 Å². The van der Waals surface area contributed by atoms with Crippen molar-refractivity contribution < 1.29 is 38.3 Å². The third-order valence-electron chi connectivity index (χ3n) is 0. The third-order valence-corrected chi connectivity index (χ3v) is 0. The molecule has 0 aromatic carbocycles. The van der Waals surface area contributed by atoms with Crippen LogP contribution in [0.5, 0.6) is 0 Å². The van der Waals surface area contributed by atoms with E-state index in [9.17, 15) is 0 Å². The van der Waals surface area contributed by atoms with Crippen LogP contribution in [0.15, 0.2) is 0 Å².